The largest absolute Gasteiger partial charge is 0.484 e. The van der Waals surface area contributed by atoms with Gasteiger partial charge in [0.15, 0.2) is 12.1 Å². The van der Waals surface area contributed by atoms with Crippen LogP contribution in [0.25, 0.3) is 0 Å². The number of aliphatic carboxylic acids is 1. The highest BCUT2D eigenvalue weighted by atomic mass is 16.5. The van der Waals surface area contributed by atoms with Gasteiger partial charge in [-0.3, -0.25) is 9.48 Å². The third-order valence-electron chi connectivity index (χ3n) is 3.35. The predicted octanol–water partition coefficient (Wildman–Crippen LogP) is 2.03. The van der Waals surface area contributed by atoms with Gasteiger partial charge in [-0.1, -0.05) is 17.7 Å². The van der Waals surface area contributed by atoms with Crippen LogP contribution in [-0.2, 0) is 15.1 Å². The molecular weight excluding hydrogens is 298 g/mol. The first-order valence-electron chi connectivity index (χ1n) is 7.07. The van der Waals surface area contributed by atoms with Gasteiger partial charge in [0.2, 0.25) is 0 Å². The first-order valence-corrected chi connectivity index (χ1v) is 7.07. The number of nitrogens with one attached hydrogen (secondary N) is 1. The topological polar surface area (TPSA) is 93.5 Å². The number of nitrogens with zero attached hydrogens (tertiary/aromatic N) is 2. The number of amides is 1. The van der Waals surface area contributed by atoms with E-state index >= 15 is 0 Å². The minimum absolute atomic E-state index is 0.142. The number of aryl methyl sites for hydroxylation is 1. The Labute approximate surface area is 133 Å². The Morgan fingerprint density at radius 2 is 1.96 bits per heavy atom. The Balaban J connectivity index is 1.92. The highest BCUT2D eigenvalue weighted by Crippen LogP contribution is 2.17. The number of aromatic nitrogens is 2. The second-order valence-electron chi connectivity index (χ2n) is 5.69. The smallest absolute Gasteiger partial charge is 0.331 e. The molecule has 0 aliphatic carbocycles. The van der Waals surface area contributed by atoms with Crippen LogP contribution in [0.1, 0.15) is 19.4 Å². The average Bonchev–Trinajstić information content (AvgIpc) is 2.95. The number of rotatable bonds is 6. The molecule has 1 aromatic carbocycles. The molecule has 0 saturated carbocycles. The lowest BCUT2D eigenvalue weighted by molar-refractivity contribution is -0.146. The van der Waals surface area contributed by atoms with Crippen molar-refractivity contribution in [3.05, 3.63) is 42.2 Å². The molecule has 7 heteroatoms. The zero-order chi connectivity index (χ0) is 17.0. The molecule has 1 amide bonds. The van der Waals surface area contributed by atoms with Gasteiger partial charge in [-0.05, 0) is 32.9 Å². The van der Waals surface area contributed by atoms with Crippen molar-refractivity contribution in [2.75, 3.05) is 11.9 Å². The van der Waals surface area contributed by atoms with E-state index in [4.69, 9.17) is 9.84 Å². The maximum atomic E-state index is 11.9. The molecule has 0 unspecified atom stereocenters. The van der Waals surface area contributed by atoms with Gasteiger partial charge in [0, 0.05) is 6.20 Å². The quantitative estimate of drug-likeness (QED) is 0.850. The normalized spacial score (nSPS) is 11.1. The Bertz CT molecular complexity index is 704. The van der Waals surface area contributed by atoms with Crippen LogP contribution in [0.2, 0.25) is 0 Å². The van der Waals surface area contributed by atoms with E-state index in [2.05, 4.69) is 10.4 Å². The standard InChI is InChI=1S/C16H19N3O4/c1-11-4-6-13(7-5-11)23-10-14(20)18-12-8-17-19(9-12)16(2,3)15(21)22/h4-9H,10H2,1-3H3,(H,18,20)(H,21,22). The van der Waals surface area contributed by atoms with Crippen LogP contribution in [0.15, 0.2) is 36.7 Å². The van der Waals surface area contributed by atoms with Gasteiger partial charge in [0.25, 0.3) is 5.91 Å². The number of benzene rings is 1. The SMILES string of the molecule is Cc1ccc(OCC(=O)Nc2cnn(C(C)(C)C(=O)O)c2)cc1. The highest BCUT2D eigenvalue weighted by molar-refractivity contribution is 5.91. The van der Waals surface area contributed by atoms with Crippen LogP contribution in [0, 0.1) is 6.92 Å². The van der Waals surface area contributed by atoms with E-state index < -0.39 is 11.5 Å². The molecule has 2 N–H and O–H groups in total. The van der Waals surface area contributed by atoms with E-state index in [0.717, 1.165) is 5.56 Å². The summed E-state index contributed by atoms with van der Waals surface area (Å²) in [5.41, 5.74) is 0.327. The third kappa shape index (κ3) is 4.09. The number of carbonyl (C=O) groups excluding carboxylic acids is 1. The fraction of sp³-hybridized carbons (Fsp3) is 0.312. The van der Waals surface area contributed by atoms with E-state index in [9.17, 15) is 9.59 Å². The number of hydrogen-bond donors (Lipinski definition) is 2. The number of hydrogen-bond acceptors (Lipinski definition) is 4. The second kappa shape index (κ2) is 6.51. The van der Waals surface area contributed by atoms with Crippen molar-refractivity contribution >= 4 is 17.6 Å². The van der Waals surface area contributed by atoms with Crippen LogP contribution in [0.4, 0.5) is 5.69 Å². The summed E-state index contributed by atoms with van der Waals surface area (Å²) in [4.78, 5) is 23.0. The van der Waals surface area contributed by atoms with Crippen LogP contribution in [0.5, 0.6) is 5.75 Å². The number of carboxylic acid groups (broad SMARTS) is 1. The molecule has 1 aromatic heterocycles. The second-order valence-corrected chi connectivity index (χ2v) is 5.69. The lowest BCUT2D eigenvalue weighted by Gasteiger charge is -2.19. The molecule has 1 heterocycles. The molecule has 0 fully saturated rings. The highest BCUT2D eigenvalue weighted by Gasteiger charge is 2.30. The van der Waals surface area contributed by atoms with Gasteiger partial charge in [-0.25, -0.2) is 4.79 Å². The summed E-state index contributed by atoms with van der Waals surface area (Å²) in [6.07, 6.45) is 2.87. The first kappa shape index (κ1) is 16.5. The maximum absolute atomic E-state index is 11.9. The van der Waals surface area contributed by atoms with Crippen molar-refractivity contribution in [2.24, 2.45) is 0 Å². The summed E-state index contributed by atoms with van der Waals surface area (Å²) >= 11 is 0. The van der Waals surface area contributed by atoms with Crippen LogP contribution >= 0.6 is 0 Å². The van der Waals surface area contributed by atoms with E-state index in [1.165, 1.54) is 30.9 Å². The van der Waals surface area contributed by atoms with Gasteiger partial charge in [0.05, 0.1) is 11.9 Å². The summed E-state index contributed by atoms with van der Waals surface area (Å²) < 4.78 is 6.66. The minimum atomic E-state index is -1.19. The Kier molecular flexibility index (Phi) is 4.68. The molecule has 7 nitrogen and oxygen atoms in total. The lowest BCUT2D eigenvalue weighted by atomic mass is 10.1. The Morgan fingerprint density at radius 1 is 1.30 bits per heavy atom. The Morgan fingerprint density at radius 3 is 2.57 bits per heavy atom. The molecule has 23 heavy (non-hydrogen) atoms. The van der Waals surface area contributed by atoms with Crippen LogP contribution in [0.3, 0.4) is 0 Å². The molecule has 0 radical (unpaired) electrons. The fourth-order valence-corrected chi connectivity index (χ4v) is 1.77. The van der Waals surface area contributed by atoms with Gasteiger partial charge in [-0.2, -0.15) is 5.10 Å². The number of carboxylic acids is 1. The zero-order valence-electron chi connectivity index (χ0n) is 13.2. The molecule has 0 aliphatic heterocycles. The molecular formula is C16H19N3O4. The van der Waals surface area contributed by atoms with Crippen molar-refractivity contribution < 1.29 is 19.4 Å². The van der Waals surface area contributed by atoms with Crippen molar-refractivity contribution in [3.8, 4) is 5.75 Å². The van der Waals surface area contributed by atoms with Gasteiger partial charge in [0.1, 0.15) is 5.75 Å². The molecule has 0 aliphatic rings. The van der Waals surface area contributed by atoms with Crippen molar-refractivity contribution in [3.63, 3.8) is 0 Å². The summed E-state index contributed by atoms with van der Waals surface area (Å²) in [6, 6.07) is 7.36. The predicted molar refractivity (Wildman–Crippen MR) is 84.5 cm³/mol. The lowest BCUT2D eigenvalue weighted by Crippen LogP contribution is -2.35. The molecule has 0 bridgehead atoms. The van der Waals surface area contributed by atoms with E-state index in [1.807, 2.05) is 19.1 Å². The van der Waals surface area contributed by atoms with E-state index in [1.54, 1.807) is 12.1 Å². The van der Waals surface area contributed by atoms with E-state index in [0.29, 0.717) is 11.4 Å². The summed E-state index contributed by atoms with van der Waals surface area (Å²) in [5, 5.41) is 15.7. The summed E-state index contributed by atoms with van der Waals surface area (Å²) in [6.45, 7) is 4.87. The fourth-order valence-electron chi connectivity index (χ4n) is 1.77. The molecule has 2 rings (SSSR count). The van der Waals surface area contributed by atoms with Crippen molar-refractivity contribution in [1.82, 2.24) is 9.78 Å². The molecule has 0 atom stereocenters. The zero-order valence-corrected chi connectivity index (χ0v) is 13.2. The van der Waals surface area contributed by atoms with Gasteiger partial charge in [-0.15, -0.1) is 0 Å². The molecule has 0 saturated heterocycles. The molecule has 0 spiro atoms. The van der Waals surface area contributed by atoms with Gasteiger partial charge < -0.3 is 15.2 Å². The number of carbonyl (C=O) groups is 2. The molecule has 122 valence electrons. The number of anilines is 1. The third-order valence-corrected chi connectivity index (χ3v) is 3.35. The van der Waals surface area contributed by atoms with E-state index in [-0.39, 0.29) is 12.5 Å². The van der Waals surface area contributed by atoms with Crippen LogP contribution in [-0.4, -0.2) is 33.4 Å². The maximum Gasteiger partial charge on any atom is 0.331 e. The summed E-state index contributed by atoms with van der Waals surface area (Å²) in [5.74, 6) is -0.757. The van der Waals surface area contributed by atoms with Crippen LogP contribution < -0.4 is 10.1 Å². The Hall–Kier alpha value is -2.83. The summed E-state index contributed by atoms with van der Waals surface area (Å²) in [7, 11) is 0. The minimum Gasteiger partial charge on any atom is -0.484 e. The first-order chi connectivity index (χ1) is 10.8. The van der Waals surface area contributed by atoms with Crippen molar-refractivity contribution in [2.45, 2.75) is 26.3 Å². The monoisotopic (exact) mass is 317 g/mol. The average molecular weight is 317 g/mol. The van der Waals surface area contributed by atoms with Crippen molar-refractivity contribution in [1.29, 1.82) is 0 Å². The number of ether oxygens (including phenoxy) is 1. The van der Waals surface area contributed by atoms with Gasteiger partial charge >= 0.3 is 5.97 Å². The molecule has 2 aromatic rings.